The summed E-state index contributed by atoms with van der Waals surface area (Å²) in [6, 6.07) is 13.0. The van der Waals surface area contributed by atoms with Crippen LogP contribution in [0.2, 0.25) is 0 Å². The molecule has 2 aromatic rings. The van der Waals surface area contributed by atoms with Crippen LogP contribution in [0.25, 0.3) is 0 Å². The molecule has 1 aliphatic rings. The topological polar surface area (TPSA) is 55.8 Å². The number of aliphatic hydroxyl groups is 1. The molecule has 1 aliphatic heterocycles. The Bertz CT molecular complexity index is 691. The molecular formula is C18H18O4. The molecular weight excluding hydrogens is 280 g/mol. The number of fused-ring (bicyclic) bond motifs is 1. The number of hydrogen-bond acceptors (Lipinski definition) is 4. The Morgan fingerprint density at radius 2 is 1.95 bits per heavy atom. The highest BCUT2D eigenvalue weighted by Gasteiger charge is 2.30. The van der Waals surface area contributed by atoms with Crippen LogP contribution in [0.15, 0.2) is 42.5 Å². The van der Waals surface area contributed by atoms with E-state index in [2.05, 4.69) is 0 Å². The SMILES string of the molecule is CC(=O)Oc1ccc([C@@H]2COc3cc(C)ccc3[C@@H]2O)cc1. The van der Waals surface area contributed by atoms with E-state index in [0.717, 1.165) is 22.4 Å². The monoisotopic (exact) mass is 298 g/mol. The van der Waals surface area contributed by atoms with Crippen LogP contribution >= 0.6 is 0 Å². The Morgan fingerprint density at radius 3 is 2.64 bits per heavy atom. The van der Waals surface area contributed by atoms with E-state index in [-0.39, 0.29) is 11.9 Å². The van der Waals surface area contributed by atoms with Gasteiger partial charge >= 0.3 is 5.97 Å². The summed E-state index contributed by atoms with van der Waals surface area (Å²) in [6.07, 6.45) is -0.607. The Labute approximate surface area is 129 Å². The van der Waals surface area contributed by atoms with Gasteiger partial charge in [0.1, 0.15) is 11.5 Å². The minimum atomic E-state index is -0.607. The minimum absolute atomic E-state index is 0.137. The summed E-state index contributed by atoms with van der Waals surface area (Å²) in [5.74, 6) is 0.762. The van der Waals surface area contributed by atoms with Crippen molar-refractivity contribution in [3.63, 3.8) is 0 Å². The number of benzene rings is 2. The van der Waals surface area contributed by atoms with Crippen LogP contribution in [0.4, 0.5) is 0 Å². The zero-order chi connectivity index (χ0) is 15.7. The molecule has 0 spiro atoms. The lowest BCUT2D eigenvalue weighted by molar-refractivity contribution is -0.131. The smallest absolute Gasteiger partial charge is 0.308 e. The van der Waals surface area contributed by atoms with Crippen LogP contribution in [0, 0.1) is 6.92 Å². The highest BCUT2D eigenvalue weighted by Crippen LogP contribution is 2.41. The highest BCUT2D eigenvalue weighted by molar-refractivity contribution is 5.69. The summed E-state index contributed by atoms with van der Waals surface area (Å²) in [4.78, 5) is 10.9. The van der Waals surface area contributed by atoms with Gasteiger partial charge in [-0.15, -0.1) is 0 Å². The Morgan fingerprint density at radius 1 is 1.23 bits per heavy atom. The molecule has 0 unspecified atom stereocenters. The molecule has 4 heteroatoms. The van der Waals surface area contributed by atoms with Gasteiger partial charge in [0.05, 0.1) is 12.7 Å². The van der Waals surface area contributed by atoms with Crippen molar-refractivity contribution in [3.8, 4) is 11.5 Å². The molecule has 2 aromatic carbocycles. The van der Waals surface area contributed by atoms with Crippen molar-refractivity contribution >= 4 is 5.97 Å². The summed E-state index contributed by atoms with van der Waals surface area (Å²) in [5, 5.41) is 10.6. The lowest BCUT2D eigenvalue weighted by Crippen LogP contribution is -2.24. The van der Waals surface area contributed by atoms with Crippen molar-refractivity contribution in [1.29, 1.82) is 0 Å². The molecule has 0 saturated heterocycles. The number of carbonyl (C=O) groups is 1. The van der Waals surface area contributed by atoms with Crippen LogP contribution in [0.3, 0.4) is 0 Å². The van der Waals surface area contributed by atoms with Gasteiger partial charge in [0.25, 0.3) is 0 Å². The normalized spacial score (nSPS) is 20.0. The third-order valence-corrected chi connectivity index (χ3v) is 3.86. The van der Waals surface area contributed by atoms with Crippen molar-refractivity contribution in [3.05, 3.63) is 59.2 Å². The number of esters is 1. The predicted octanol–water partition coefficient (Wildman–Crippen LogP) is 3.13. The summed E-state index contributed by atoms with van der Waals surface area (Å²) in [6.45, 7) is 3.78. The van der Waals surface area contributed by atoms with E-state index in [9.17, 15) is 9.90 Å². The van der Waals surface area contributed by atoms with Crippen molar-refractivity contribution in [2.45, 2.75) is 25.9 Å². The molecule has 114 valence electrons. The molecule has 1 N–H and O–H groups in total. The number of aryl methyl sites for hydroxylation is 1. The Balaban J connectivity index is 1.84. The summed E-state index contributed by atoms with van der Waals surface area (Å²) in [7, 11) is 0. The fourth-order valence-corrected chi connectivity index (χ4v) is 2.73. The Hall–Kier alpha value is -2.33. The number of ether oxygens (including phenoxy) is 2. The van der Waals surface area contributed by atoms with E-state index in [4.69, 9.17) is 9.47 Å². The zero-order valence-electron chi connectivity index (χ0n) is 12.6. The fraction of sp³-hybridized carbons (Fsp3) is 0.278. The van der Waals surface area contributed by atoms with Crippen LogP contribution in [-0.4, -0.2) is 17.7 Å². The second kappa shape index (κ2) is 5.81. The van der Waals surface area contributed by atoms with Crippen molar-refractivity contribution in [1.82, 2.24) is 0 Å². The molecule has 22 heavy (non-hydrogen) atoms. The molecule has 0 saturated carbocycles. The van der Waals surface area contributed by atoms with Gasteiger partial charge in [-0.3, -0.25) is 4.79 Å². The van der Waals surface area contributed by atoms with Gasteiger partial charge in [-0.1, -0.05) is 24.3 Å². The standard InChI is InChI=1S/C18H18O4/c1-11-3-8-15-17(9-11)21-10-16(18(15)20)13-4-6-14(7-5-13)22-12(2)19/h3-9,16,18,20H,10H2,1-2H3/t16-,18-/m0/s1. The van der Waals surface area contributed by atoms with E-state index in [1.54, 1.807) is 12.1 Å². The third-order valence-electron chi connectivity index (χ3n) is 3.86. The molecule has 0 fully saturated rings. The van der Waals surface area contributed by atoms with Crippen molar-refractivity contribution < 1.29 is 19.4 Å². The van der Waals surface area contributed by atoms with Crippen LogP contribution in [0.1, 0.15) is 35.6 Å². The maximum atomic E-state index is 10.9. The van der Waals surface area contributed by atoms with Crippen LogP contribution in [0.5, 0.6) is 11.5 Å². The first-order valence-corrected chi connectivity index (χ1v) is 7.24. The molecule has 0 amide bonds. The first-order valence-electron chi connectivity index (χ1n) is 7.24. The molecule has 0 aliphatic carbocycles. The molecule has 2 atom stereocenters. The summed E-state index contributed by atoms with van der Waals surface area (Å²) >= 11 is 0. The second-order valence-corrected chi connectivity index (χ2v) is 5.57. The molecule has 0 aromatic heterocycles. The number of aliphatic hydroxyl groups excluding tert-OH is 1. The van der Waals surface area contributed by atoms with Gasteiger partial charge in [0, 0.05) is 18.4 Å². The quantitative estimate of drug-likeness (QED) is 0.683. The average molecular weight is 298 g/mol. The second-order valence-electron chi connectivity index (χ2n) is 5.57. The lowest BCUT2D eigenvalue weighted by Gasteiger charge is -2.31. The maximum absolute atomic E-state index is 10.9. The van der Waals surface area contributed by atoms with Gasteiger partial charge in [-0.2, -0.15) is 0 Å². The van der Waals surface area contributed by atoms with Gasteiger partial charge < -0.3 is 14.6 Å². The average Bonchev–Trinajstić information content (AvgIpc) is 2.48. The van der Waals surface area contributed by atoms with Crippen molar-refractivity contribution in [2.24, 2.45) is 0 Å². The van der Waals surface area contributed by atoms with E-state index >= 15 is 0 Å². The molecule has 1 heterocycles. The number of hydrogen-bond donors (Lipinski definition) is 1. The van der Waals surface area contributed by atoms with Crippen LogP contribution in [-0.2, 0) is 4.79 Å². The van der Waals surface area contributed by atoms with Crippen molar-refractivity contribution in [2.75, 3.05) is 6.61 Å². The zero-order valence-corrected chi connectivity index (χ0v) is 12.6. The number of carbonyl (C=O) groups excluding carboxylic acids is 1. The molecule has 0 bridgehead atoms. The van der Waals surface area contributed by atoms with Gasteiger partial charge in [0.15, 0.2) is 0 Å². The molecule has 4 nitrogen and oxygen atoms in total. The molecule has 0 radical (unpaired) electrons. The molecule has 3 rings (SSSR count). The van der Waals surface area contributed by atoms with Gasteiger partial charge in [-0.25, -0.2) is 0 Å². The lowest BCUT2D eigenvalue weighted by atomic mass is 9.87. The number of rotatable bonds is 2. The van der Waals surface area contributed by atoms with E-state index in [0.29, 0.717) is 12.4 Å². The van der Waals surface area contributed by atoms with E-state index in [1.165, 1.54) is 6.92 Å². The minimum Gasteiger partial charge on any atom is -0.492 e. The first kappa shape index (κ1) is 14.6. The van der Waals surface area contributed by atoms with Crippen LogP contribution < -0.4 is 9.47 Å². The maximum Gasteiger partial charge on any atom is 0.308 e. The predicted molar refractivity (Wildman–Crippen MR) is 82.1 cm³/mol. The van der Waals surface area contributed by atoms with Gasteiger partial charge in [-0.05, 0) is 36.2 Å². The summed E-state index contributed by atoms with van der Waals surface area (Å²) < 4.78 is 10.8. The van der Waals surface area contributed by atoms with Gasteiger partial charge in [0.2, 0.25) is 0 Å². The van der Waals surface area contributed by atoms with E-state index in [1.807, 2.05) is 37.3 Å². The highest BCUT2D eigenvalue weighted by atomic mass is 16.5. The fourth-order valence-electron chi connectivity index (χ4n) is 2.73. The third kappa shape index (κ3) is 2.83. The first-order chi connectivity index (χ1) is 10.5. The Kier molecular flexibility index (Phi) is 3.86. The largest absolute Gasteiger partial charge is 0.492 e. The summed E-state index contributed by atoms with van der Waals surface area (Å²) in [5.41, 5.74) is 2.87. The van der Waals surface area contributed by atoms with E-state index < -0.39 is 6.10 Å².